The van der Waals surface area contributed by atoms with Crippen LogP contribution in [0.2, 0.25) is 0 Å². The van der Waals surface area contributed by atoms with Crippen LogP contribution in [0.25, 0.3) is 0 Å². The first-order valence-corrected chi connectivity index (χ1v) is 8.87. The molecule has 0 saturated heterocycles. The zero-order chi connectivity index (χ0) is 15.5. The highest BCUT2D eigenvalue weighted by Crippen LogP contribution is 2.17. The van der Waals surface area contributed by atoms with Crippen LogP contribution < -0.4 is 10.5 Å². The van der Waals surface area contributed by atoms with Crippen molar-refractivity contribution in [2.24, 2.45) is 5.14 Å². The second-order valence-electron chi connectivity index (χ2n) is 4.98. The molecule has 0 amide bonds. The fourth-order valence-electron chi connectivity index (χ4n) is 1.70. The minimum absolute atomic E-state index is 0.130. The van der Waals surface area contributed by atoms with Gasteiger partial charge in [0, 0.05) is 24.0 Å². The fraction of sp³-hybridized carbons (Fsp3) is 0.385. The molecule has 2 aromatic rings. The van der Waals surface area contributed by atoms with Crippen LogP contribution in [0.15, 0.2) is 29.2 Å². The van der Waals surface area contributed by atoms with Gasteiger partial charge in [-0.25, -0.2) is 18.5 Å². The van der Waals surface area contributed by atoms with E-state index in [9.17, 15) is 8.42 Å². The maximum absolute atomic E-state index is 11.2. The van der Waals surface area contributed by atoms with Crippen molar-refractivity contribution in [2.75, 3.05) is 11.9 Å². The molecule has 1 heterocycles. The first-order valence-electron chi connectivity index (χ1n) is 6.55. The highest BCUT2D eigenvalue weighted by atomic mass is 32.2. The van der Waals surface area contributed by atoms with Gasteiger partial charge in [-0.05, 0) is 24.1 Å². The zero-order valence-electron chi connectivity index (χ0n) is 11.9. The number of benzene rings is 1. The van der Waals surface area contributed by atoms with E-state index in [0.717, 1.165) is 22.9 Å². The average Bonchev–Trinajstić information content (AvgIpc) is 2.87. The predicted molar refractivity (Wildman–Crippen MR) is 84.0 cm³/mol. The van der Waals surface area contributed by atoms with Gasteiger partial charge in [-0.1, -0.05) is 26.0 Å². The van der Waals surface area contributed by atoms with Gasteiger partial charge in [-0.3, -0.25) is 0 Å². The van der Waals surface area contributed by atoms with Crippen LogP contribution in [-0.4, -0.2) is 24.3 Å². The summed E-state index contributed by atoms with van der Waals surface area (Å²) in [6, 6.07) is 6.57. The number of hydrogen-bond acceptors (Lipinski definition) is 6. The van der Waals surface area contributed by atoms with Crippen molar-refractivity contribution in [1.82, 2.24) is 9.36 Å². The molecule has 6 nitrogen and oxygen atoms in total. The molecule has 8 heteroatoms. The maximum Gasteiger partial charge on any atom is 0.238 e. The first-order chi connectivity index (χ1) is 9.86. The molecule has 1 aromatic carbocycles. The SMILES string of the molecule is CC(C)c1nsc(NCCc2ccc(S(N)(=O)=O)cc2)n1. The minimum Gasteiger partial charge on any atom is -0.360 e. The van der Waals surface area contributed by atoms with Crippen molar-refractivity contribution in [3.8, 4) is 0 Å². The van der Waals surface area contributed by atoms with Crippen molar-refractivity contribution < 1.29 is 8.42 Å². The average molecular weight is 326 g/mol. The number of aromatic nitrogens is 2. The third-order valence-electron chi connectivity index (χ3n) is 2.90. The van der Waals surface area contributed by atoms with Crippen molar-refractivity contribution >= 4 is 26.7 Å². The van der Waals surface area contributed by atoms with Crippen LogP contribution in [0, 0.1) is 0 Å². The summed E-state index contributed by atoms with van der Waals surface area (Å²) in [6.07, 6.45) is 0.765. The van der Waals surface area contributed by atoms with Gasteiger partial charge in [-0.15, -0.1) is 0 Å². The standard InChI is InChI=1S/C13H18N4O2S2/c1-9(2)12-16-13(20-17-12)15-8-7-10-3-5-11(6-4-10)21(14,18)19/h3-6,9H,7-8H2,1-2H3,(H2,14,18,19)(H,15,16,17). The largest absolute Gasteiger partial charge is 0.360 e. The van der Waals surface area contributed by atoms with Crippen molar-refractivity contribution in [3.63, 3.8) is 0 Å². The molecule has 0 saturated carbocycles. The van der Waals surface area contributed by atoms with E-state index in [2.05, 4.69) is 28.5 Å². The smallest absolute Gasteiger partial charge is 0.238 e. The quantitative estimate of drug-likeness (QED) is 0.845. The number of hydrogen-bond donors (Lipinski definition) is 2. The van der Waals surface area contributed by atoms with E-state index in [-0.39, 0.29) is 4.90 Å². The molecule has 1 aromatic heterocycles. The molecule has 0 aliphatic carbocycles. The molecule has 114 valence electrons. The number of nitrogens with zero attached hydrogens (tertiary/aromatic N) is 2. The minimum atomic E-state index is -3.62. The van der Waals surface area contributed by atoms with Crippen LogP contribution in [0.3, 0.4) is 0 Å². The van der Waals surface area contributed by atoms with Gasteiger partial charge in [0.25, 0.3) is 0 Å². The van der Waals surface area contributed by atoms with Gasteiger partial charge in [0.2, 0.25) is 15.2 Å². The third kappa shape index (κ3) is 4.48. The Kier molecular flexibility index (Phi) is 4.92. The summed E-state index contributed by atoms with van der Waals surface area (Å²) >= 11 is 1.35. The number of primary sulfonamides is 1. The Morgan fingerprint density at radius 2 is 1.95 bits per heavy atom. The summed E-state index contributed by atoms with van der Waals surface area (Å²) < 4.78 is 26.6. The number of sulfonamides is 1. The van der Waals surface area contributed by atoms with Crippen molar-refractivity contribution in [3.05, 3.63) is 35.7 Å². The molecule has 0 aliphatic heterocycles. The third-order valence-corrected chi connectivity index (χ3v) is 4.52. The number of nitrogens with one attached hydrogen (secondary N) is 1. The number of nitrogens with two attached hydrogens (primary N) is 1. The molecular formula is C13H18N4O2S2. The van der Waals surface area contributed by atoms with Gasteiger partial charge in [-0.2, -0.15) is 4.37 Å². The molecule has 0 fully saturated rings. The van der Waals surface area contributed by atoms with Crippen LogP contribution in [-0.2, 0) is 16.4 Å². The van der Waals surface area contributed by atoms with Gasteiger partial charge in [0.1, 0.15) is 5.82 Å². The second-order valence-corrected chi connectivity index (χ2v) is 7.29. The Bertz CT molecular complexity index is 693. The summed E-state index contributed by atoms with van der Waals surface area (Å²) in [5.41, 5.74) is 1.03. The highest BCUT2D eigenvalue weighted by Gasteiger charge is 2.08. The monoisotopic (exact) mass is 326 g/mol. The number of anilines is 1. The lowest BCUT2D eigenvalue weighted by molar-refractivity contribution is 0.598. The van der Waals surface area contributed by atoms with Crippen LogP contribution >= 0.6 is 11.5 Å². The molecule has 3 N–H and O–H groups in total. The summed E-state index contributed by atoms with van der Waals surface area (Å²) in [4.78, 5) is 4.52. The highest BCUT2D eigenvalue weighted by molar-refractivity contribution is 7.89. The van der Waals surface area contributed by atoms with E-state index >= 15 is 0 Å². The fourth-order valence-corrected chi connectivity index (χ4v) is 2.95. The Morgan fingerprint density at radius 1 is 1.29 bits per heavy atom. The summed E-state index contributed by atoms with van der Waals surface area (Å²) in [5.74, 6) is 1.17. The normalized spacial score (nSPS) is 11.8. The predicted octanol–water partition coefficient (Wildman–Crippen LogP) is 1.96. The molecule has 0 aliphatic rings. The van der Waals surface area contributed by atoms with Crippen LogP contribution in [0.5, 0.6) is 0 Å². The Hall–Kier alpha value is -1.51. The van der Waals surface area contributed by atoms with E-state index in [1.807, 2.05) is 0 Å². The Morgan fingerprint density at radius 3 is 2.48 bits per heavy atom. The van der Waals surface area contributed by atoms with Gasteiger partial charge in [0.15, 0.2) is 0 Å². The zero-order valence-corrected chi connectivity index (χ0v) is 13.5. The second kappa shape index (κ2) is 6.50. The molecule has 0 atom stereocenters. The van der Waals surface area contributed by atoms with E-state index < -0.39 is 10.0 Å². The van der Waals surface area contributed by atoms with Gasteiger partial charge in [0.05, 0.1) is 4.90 Å². The molecule has 0 bridgehead atoms. The summed E-state index contributed by atoms with van der Waals surface area (Å²) in [6.45, 7) is 4.82. The first kappa shape index (κ1) is 15.9. The van der Waals surface area contributed by atoms with E-state index in [1.165, 1.54) is 23.7 Å². The molecule has 0 unspecified atom stereocenters. The summed E-state index contributed by atoms with van der Waals surface area (Å²) in [7, 11) is -3.62. The van der Waals surface area contributed by atoms with E-state index in [1.54, 1.807) is 12.1 Å². The molecule has 2 rings (SSSR count). The maximum atomic E-state index is 11.2. The molecule has 0 spiro atoms. The van der Waals surface area contributed by atoms with Crippen molar-refractivity contribution in [2.45, 2.75) is 31.1 Å². The lowest BCUT2D eigenvalue weighted by atomic mass is 10.1. The molecular weight excluding hydrogens is 308 g/mol. The lowest BCUT2D eigenvalue weighted by Gasteiger charge is -2.04. The van der Waals surface area contributed by atoms with E-state index in [0.29, 0.717) is 12.5 Å². The van der Waals surface area contributed by atoms with Crippen LogP contribution in [0.1, 0.15) is 31.2 Å². The van der Waals surface area contributed by atoms with E-state index in [4.69, 9.17) is 5.14 Å². The molecule has 0 radical (unpaired) electrons. The Labute approximate surface area is 128 Å². The molecule has 21 heavy (non-hydrogen) atoms. The summed E-state index contributed by atoms with van der Waals surface area (Å²) in [5, 5.41) is 9.08. The van der Waals surface area contributed by atoms with Crippen LogP contribution in [0.4, 0.5) is 5.13 Å². The van der Waals surface area contributed by atoms with Gasteiger partial charge < -0.3 is 5.32 Å². The van der Waals surface area contributed by atoms with Gasteiger partial charge >= 0.3 is 0 Å². The van der Waals surface area contributed by atoms with Crippen molar-refractivity contribution in [1.29, 1.82) is 0 Å². The number of rotatable bonds is 6. The topological polar surface area (TPSA) is 98.0 Å². The Balaban J connectivity index is 1.88. The lowest BCUT2D eigenvalue weighted by Crippen LogP contribution is -2.12.